The van der Waals surface area contributed by atoms with Crippen LogP contribution in [0.4, 0.5) is 0 Å². The molecule has 0 aliphatic heterocycles. The van der Waals surface area contributed by atoms with E-state index in [0.717, 1.165) is 5.56 Å². The molecule has 0 radical (unpaired) electrons. The molecule has 2 rings (SSSR count). The summed E-state index contributed by atoms with van der Waals surface area (Å²) in [4.78, 5) is 0.276. The van der Waals surface area contributed by atoms with Crippen molar-refractivity contribution in [3.8, 4) is 11.5 Å². The van der Waals surface area contributed by atoms with E-state index in [4.69, 9.17) is 0 Å². The third-order valence-electron chi connectivity index (χ3n) is 3.10. The maximum Gasteiger partial charge on any atom is 0.168 e. The number of hydrogen-bond donors (Lipinski definition) is 3. The van der Waals surface area contributed by atoms with E-state index in [-0.39, 0.29) is 22.3 Å². The van der Waals surface area contributed by atoms with E-state index in [1.54, 1.807) is 30.3 Å². The predicted molar refractivity (Wildman–Crippen MR) is 72.3 cm³/mol. The molecule has 2 N–H and O–H groups in total. The summed E-state index contributed by atoms with van der Waals surface area (Å²) >= 11 is 0. The fourth-order valence-corrected chi connectivity index (χ4v) is 2.70. The number of benzene rings is 2. The van der Waals surface area contributed by atoms with Gasteiger partial charge in [-0.15, -0.1) is 0 Å². The van der Waals surface area contributed by atoms with Crippen LogP contribution >= 0.6 is 0 Å². The Kier molecular flexibility index (Phi) is 3.76. The summed E-state index contributed by atoms with van der Waals surface area (Å²) in [5, 5.41) is 18.8. The van der Waals surface area contributed by atoms with Gasteiger partial charge in [-0.25, -0.2) is 8.42 Å². The number of thiol groups is 1. The zero-order valence-electron chi connectivity index (χ0n) is 10.3. The highest BCUT2D eigenvalue weighted by Gasteiger charge is 2.15. The molecule has 19 heavy (non-hydrogen) atoms. The van der Waals surface area contributed by atoms with Crippen LogP contribution in [0.5, 0.6) is 11.5 Å². The second kappa shape index (κ2) is 5.32. The monoisotopic (exact) mass is 278 g/mol. The third-order valence-corrected chi connectivity index (χ3v) is 3.90. The Hall–Kier alpha value is -2.01. The summed E-state index contributed by atoms with van der Waals surface area (Å²) in [7, 11) is -2.66. The van der Waals surface area contributed by atoms with Crippen molar-refractivity contribution in [2.24, 2.45) is 0 Å². The number of phenolic OH excluding ortho intramolecular Hbond substituents is 2. The van der Waals surface area contributed by atoms with Crippen molar-refractivity contribution in [3.05, 3.63) is 53.6 Å². The molecule has 0 aliphatic rings. The molecule has 0 saturated carbocycles. The van der Waals surface area contributed by atoms with Crippen LogP contribution in [-0.2, 0) is 10.7 Å². The van der Waals surface area contributed by atoms with Crippen molar-refractivity contribution in [3.63, 3.8) is 0 Å². The second-order valence-corrected chi connectivity index (χ2v) is 5.28. The van der Waals surface area contributed by atoms with Crippen LogP contribution in [0, 0.1) is 0 Å². The van der Waals surface area contributed by atoms with Gasteiger partial charge in [-0.05, 0) is 29.3 Å². The molecule has 0 spiro atoms. The van der Waals surface area contributed by atoms with Gasteiger partial charge in [0.15, 0.2) is 22.2 Å². The van der Waals surface area contributed by atoms with Gasteiger partial charge in [0.2, 0.25) is 0 Å². The van der Waals surface area contributed by atoms with Crippen molar-refractivity contribution in [1.29, 1.82) is 0 Å². The van der Waals surface area contributed by atoms with Gasteiger partial charge in [-0.1, -0.05) is 31.2 Å². The fraction of sp³-hybridized carbons (Fsp3) is 0.143. The molecular formula is C14H14O4S. The van der Waals surface area contributed by atoms with Gasteiger partial charge in [0.05, 0.1) is 4.90 Å². The number of aromatic hydroxyl groups is 2. The zero-order valence-corrected chi connectivity index (χ0v) is 11.2. The summed E-state index contributed by atoms with van der Waals surface area (Å²) in [6.45, 7) is 1.85. The topological polar surface area (TPSA) is 74.6 Å². The molecule has 0 heterocycles. The smallest absolute Gasteiger partial charge is 0.168 e. The Labute approximate surface area is 112 Å². The maximum absolute atomic E-state index is 11.2. The molecular weight excluding hydrogens is 264 g/mol. The molecule has 0 saturated heterocycles. The number of rotatable bonds is 3. The molecule has 0 aromatic heterocycles. The third kappa shape index (κ3) is 2.71. The highest BCUT2D eigenvalue weighted by Crippen LogP contribution is 2.33. The minimum atomic E-state index is -2.66. The molecule has 2 aromatic carbocycles. The van der Waals surface area contributed by atoms with Gasteiger partial charge < -0.3 is 10.2 Å². The van der Waals surface area contributed by atoms with Gasteiger partial charge >= 0.3 is 0 Å². The molecule has 0 bridgehead atoms. The highest BCUT2D eigenvalue weighted by atomic mass is 32.2. The van der Waals surface area contributed by atoms with Crippen LogP contribution in [0.15, 0.2) is 47.4 Å². The summed E-state index contributed by atoms with van der Waals surface area (Å²) in [6.07, 6.45) is 0. The van der Waals surface area contributed by atoms with Crippen molar-refractivity contribution >= 4 is 10.7 Å². The number of hydrogen-bond acceptors (Lipinski definition) is 4. The van der Waals surface area contributed by atoms with E-state index in [1.807, 2.05) is 6.92 Å². The lowest BCUT2D eigenvalue weighted by Crippen LogP contribution is -2.00. The van der Waals surface area contributed by atoms with Gasteiger partial charge in [0.25, 0.3) is 0 Å². The van der Waals surface area contributed by atoms with Crippen LogP contribution in [0.25, 0.3) is 0 Å². The molecule has 5 heteroatoms. The van der Waals surface area contributed by atoms with Crippen LogP contribution in [0.1, 0.15) is 24.0 Å². The first kappa shape index (κ1) is 13.4. The molecule has 0 amide bonds. The molecule has 1 atom stereocenters. The Bertz CT molecular complexity index is 669. The normalized spacial score (nSPS) is 12.5. The largest absolute Gasteiger partial charge is 0.504 e. The lowest BCUT2D eigenvalue weighted by atomic mass is 9.93. The lowest BCUT2D eigenvalue weighted by Gasteiger charge is -2.15. The fourth-order valence-electron chi connectivity index (χ4n) is 2.01. The molecule has 2 aromatic rings. The average Bonchev–Trinajstić information content (AvgIpc) is 2.41. The lowest BCUT2D eigenvalue weighted by molar-refractivity contribution is 0.403. The summed E-state index contributed by atoms with van der Waals surface area (Å²) in [6, 6.07) is 11.2. The van der Waals surface area contributed by atoms with E-state index >= 15 is 0 Å². The van der Waals surface area contributed by atoms with E-state index in [1.165, 1.54) is 12.1 Å². The highest BCUT2D eigenvalue weighted by molar-refractivity contribution is 7.72. The summed E-state index contributed by atoms with van der Waals surface area (Å²) in [5.41, 5.74) is 1.41. The summed E-state index contributed by atoms with van der Waals surface area (Å²) < 4.78 is 22.5. The second-order valence-electron chi connectivity index (χ2n) is 4.29. The van der Waals surface area contributed by atoms with E-state index < -0.39 is 10.7 Å². The van der Waals surface area contributed by atoms with Crippen LogP contribution in [-0.4, -0.2) is 18.6 Å². The first-order valence-electron chi connectivity index (χ1n) is 5.76. The quantitative estimate of drug-likeness (QED) is 0.594. The molecule has 1 unspecified atom stereocenters. The minimum Gasteiger partial charge on any atom is -0.504 e. The summed E-state index contributed by atoms with van der Waals surface area (Å²) in [5.74, 6) is -0.608. The van der Waals surface area contributed by atoms with Gasteiger partial charge in [0, 0.05) is 5.92 Å². The van der Waals surface area contributed by atoms with Crippen molar-refractivity contribution in [2.75, 3.05) is 0 Å². The van der Waals surface area contributed by atoms with Crippen LogP contribution < -0.4 is 0 Å². The zero-order chi connectivity index (χ0) is 14.0. The van der Waals surface area contributed by atoms with Crippen molar-refractivity contribution < 1.29 is 18.6 Å². The Morgan fingerprint density at radius 1 is 1.00 bits per heavy atom. The Morgan fingerprint density at radius 3 is 2.32 bits per heavy atom. The van der Waals surface area contributed by atoms with Crippen molar-refractivity contribution in [1.82, 2.24) is 0 Å². The Morgan fingerprint density at radius 2 is 1.68 bits per heavy atom. The Balaban J connectivity index is 2.49. The van der Waals surface area contributed by atoms with Gasteiger partial charge in [-0.2, -0.15) is 0 Å². The van der Waals surface area contributed by atoms with E-state index in [9.17, 15) is 18.6 Å². The maximum atomic E-state index is 11.2. The first-order chi connectivity index (χ1) is 9.00. The van der Waals surface area contributed by atoms with E-state index in [0.29, 0.717) is 5.56 Å². The molecule has 100 valence electrons. The first-order valence-corrected chi connectivity index (χ1v) is 6.93. The van der Waals surface area contributed by atoms with Gasteiger partial charge in [0.1, 0.15) is 0 Å². The standard InChI is InChI=1S/C14H14O4S/c1-9(10-6-7-12(15)13(16)8-10)11-4-2-3-5-14(11)19(17)18/h2-9,15-16,19H,1H3. The molecule has 4 nitrogen and oxygen atoms in total. The SMILES string of the molecule is CC(c1ccc(O)c(O)c1)c1ccccc1[SH](=O)=O. The van der Waals surface area contributed by atoms with E-state index in [2.05, 4.69) is 0 Å². The van der Waals surface area contributed by atoms with Gasteiger partial charge in [-0.3, -0.25) is 0 Å². The van der Waals surface area contributed by atoms with Crippen LogP contribution in [0.2, 0.25) is 0 Å². The predicted octanol–water partition coefficient (Wildman–Crippen LogP) is 2.22. The van der Waals surface area contributed by atoms with Crippen LogP contribution in [0.3, 0.4) is 0 Å². The molecule has 0 fully saturated rings. The number of phenols is 2. The minimum absolute atomic E-state index is 0.195. The average molecular weight is 278 g/mol. The molecule has 0 aliphatic carbocycles. The van der Waals surface area contributed by atoms with Crippen molar-refractivity contribution in [2.45, 2.75) is 17.7 Å².